The Morgan fingerprint density at radius 3 is 2.38 bits per heavy atom. The number of methoxy groups -OCH3 is 1. The summed E-state index contributed by atoms with van der Waals surface area (Å²) >= 11 is 0. The Morgan fingerprint density at radius 1 is 1.00 bits per heavy atom. The summed E-state index contributed by atoms with van der Waals surface area (Å²) in [6.45, 7) is 5.00. The highest BCUT2D eigenvalue weighted by Crippen LogP contribution is 2.16. The first-order valence-electron chi connectivity index (χ1n) is 8.43. The predicted molar refractivity (Wildman–Crippen MR) is 100 cm³/mol. The Balaban J connectivity index is 1.83. The van der Waals surface area contributed by atoms with Crippen molar-refractivity contribution < 1.29 is 19.1 Å². The molecule has 0 saturated carbocycles. The van der Waals surface area contributed by atoms with Crippen LogP contribution in [0.1, 0.15) is 19.4 Å². The van der Waals surface area contributed by atoms with E-state index in [4.69, 9.17) is 9.47 Å². The first-order chi connectivity index (χ1) is 12.5. The van der Waals surface area contributed by atoms with Crippen LogP contribution in [0.5, 0.6) is 11.5 Å². The van der Waals surface area contributed by atoms with E-state index in [1.54, 1.807) is 37.4 Å². The average molecular weight is 356 g/mol. The van der Waals surface area contributed by atoms with Gasteiger partial charge in [0.25, 0.3) is 0 Å². The van der Waals surface area contributed by atoms with Gasteiger partial charge in [-0.15, -0.1) is 0 Å². The van der Waals surface area contributed by atoms with Crippen molar-refractivity contribution in [1.82, 2.24) is 5.32 Å². The minimum Gasteiger partial charge on any atom is -0.497 e. The van der Waals surface area contributed by atoms with Crippen LogP contribution < -0.4 is 20.1 Å². The van der Waals surface area contributed by atoms with Crippen LogP contribution in [0.25, 0.3) is 0 Å². The second kappa shape index (κ2) is 9.46. The standard InChI is InChI=1S/C20H24N2O4/c1-14(2)13-26-17-9-7-16(8-10-17)22-20(24)19(23)21-12-15-5-4-6-18(11-15)25-3/h4-11,14H,12-13H2,1-3H3,(H,21,23)(H,22,24). The maximum Gasteiger partial charge on any atom is 0.313 e. The molecule has 0 aliphatic heterocycles. The average Bonchev–Trinajstić information content (AvgIpc) is 2.65. The van der Waals surface area contributed by atoms with Crippen LogP contribution in [0.2, 0.25) is 0 Å². The van der Waals surface area contributed by atoms with Crippen molar-refractivity contribution in [2.24, 2.45) is 5.92 Å². The Morgan fingerprint density at radius 2 is 1.73 bits per heavy atom. The molecule has 0 spiro atoms. The molecular formula is C20H24N2O4. The normalized spacial score (nSPS) is 10.3. The minimum absolute atomic E-state index is 0.242. The second-order valence-corrected chi connectivity index (χ2v) is 6.22. The van der Waals surface area contributed by atoms with E-state index in [1.165, 1.54) is 0 Å². The van der Waals surface area contributed by atoms with Crippen LogP contribution in [0.3, 0.4) is 0 Å². The molecule has 2 rings (SSSR count). The van der Waals surface area contributed by atoms with Gasteiger partial charge in [0.2, 0.25) is 0 Å². The van der Waals surface area contributed by atoms with Crippen molar-refractivity contribution in [1.29, 1.82) is 0 Å². The number of hydrogen-bond acceptors (Lipinski definition) is 4. The maximum absolute atomic E-state index is 12.0. The van der Waals surface area contributed by atoms with Crippen LogP contribution >= 0.6 is 0 Å². The number of nitrogens with one attached hydrogen (secondary N) is 2. The molecule has 0 atom stereocenters. The summed E-state index contributed by atoms with van der Waals surface area (Å²) in [6, 6.07) is 14.2. The van der Waals surface area contributed by atoms with Gasteiger partial charge in [0.05, 0.1) is 13.7 Å². The van der Waals surface area contributed by atoms with E-state index in [9.17, 15) is 9.59 Å². The van der Waals surface area contributed by atoms with Gasteiger partial charge in [0, 0.05) is 12.2 Å². The SMILES string of the molecule is COc1cccc(CNC(=O)C(=O)Nc2ccc(OCC(C)C)cc2)c1. The largest absolute Gasteiger partial charge is 0.497 e. The number of rotatable bonds is 7. The van der Waals surface area contributed by atoms with E-state index in [1.807, 2.05) is 18.2 Å². The zero-order valence-corrected chi connectivity index (χ0v) is 15.2. The molecule has 2 aromatic carbocycles. The van der Waals surface area contributed by atoms with Gasteiger partial charge in [-0.05, 0) is 47.9 Å². The molecule has 0 aromatic heterocycles. The molecule has 0 fully saturated rings. The van der Waals surface area contributed by atoms with Gasteiger partial charge < -0.3 is 20.1 Å². The second-order valence-electron chi connectivity index (χ2n) is 6.22. The van der Waals surface area contributed by atoms with E-state index in [-0.39, 0.29) is 6.54 Å². The summed E-state index contributed by atoms with van der Waals surface area (Å²) < 4.78 is 10.7. The minimum atomic E-state index is -0.719. The lowest BCUT2D eigenvalue weighted by molar-refractivity contribution is -0.136. The number of ether oxygens (including phenoxy) is 2. The number of carbonyl (C=O) groups excluding carboxylic acids is 2. The molecular weight excluding hydrogens is 332 g/mol. The summed E-state index contributed by atoms with van der Waals surface area (Å²) in [4.78, 5) is 23.9. The van der Waals surface area contributed by atoms with Crippen LogP contribution in [0.4, 0.5) is 5.69 Å². The lowest BCUT2D eigenvalue weighted by Crippen LogP contribution is -2.34. The molecule has 138 valence electrons. The molecule has 0 aliphatic carbocycles. The number of anilines is 1. The van der Waals surface area contributed by atoms with Gasteiger partial charge in [-0.1, -0.05) is 26.0 Å². The predicted octanol–water partition coefficient (Wildman–Crippen LogP) is 2.98. The molecule has 6 nitrogen and oxygen atoms in total. The smallest absolute Gasteiger partial charge is 0.313 e. The van der Waals surface area contributed by atoms with E-state index in [2.05, 4.69) is 24.5 Å². The molecule has 2 aromatic rings. The fourth-order valence-corrected chi connectivity index (χ4v) is 2.13. The summed E-state index contributed by atoms with van der Waals surface area (Å²) in [5.74, 6) is 0.430. The molecule has 0 saturated heterocycles. The fourth-order valence-electron chi connectivity index (χ4n) is 2.13. The summed E-state index contributed by atoms with van der Waals surface area (Å²) in [5.41, 5.74) is 1.38. The third-order valence-corrected chi connectivity index (χ3v) is 3.49. The van der Waals surface area contributed by atoms with Crippen molar-refractivity contribution in [2.75, 3.05) is 19.0 Å². The highest BCUT2D eigenvalue weighted by molar-refractivity contribution is 6.39. The zero-order chi connectivity index (χ0) is 18.9. The Bertz CT molecular complexity index is 742. The molecule has 0 bridgehead atoms. The highest BCUT2D eigenvalue weighted by atomic mass is 16.5. The van der Waals surface area contributed by atoms with Crippen molar-refractivity contribution in [3.63, 3.8) is 0 Å². The number of benzene rings is 2. The molecule has 2 amide bonds. The molecule has 0 heterocycles. The molecule has 0 unspecified atom stereocenters. The van der Waals surface area contributed by atoms with E-state index in [0.717, 1.165) is 11.3 Å². The van der Waals surface area contributed by atoms with Crippen molar-refractivity contribution in [3.8, 4) is 11.5 Å². The Labute approximate surface area is 153 Å². The van der Waals surface area contributed by atoms with Gasteiger partial charge in [0.15, 0.2) is 0 Å². The number of amides is 2. The molecule has 2 N–H and O–H groups in total. The van der Waals surface area contributed by atoms with Crippen LogP contribution in [0, 0.1) is 5.92 Å². The highest BCUT2D eigenvalue weighted by Gasteiger charge is 2.13. The lowest BCUT2D eigenvalue weighted by atomic mass is 10.2. The van der Waals surface area contributed by atoms with Gasteiger partial charge in [-0.25, -0.2) is 0 Å². The third-order valence-electron chi connectivity index (χ3n) is 3.49. The van der Waals surface area contributed by atoms with Gasteiger partial charge >= 0.3 is 11.8 Å². The van der Waals surface area contributed by atoms with Crippen LogP contribution in [-0.2, 0) is 16.1 Å². The quantitative estimate of drug-likeness (QED) is 0.748. The first kappa shape index (κ1) is 19.3. The van der Waals surface area contributed by atoms with Gasteiger partial charge in [0.1, 0.15) is 11.5 Å². The van der Waals surface area contributed by atoms with Crippen LogP contribution in [-0.4, -0.2) is 25.5 Å². The Hall–Kier alpha value is -3.02. The third kappa shape index (κ3) is 6.12. The van der Waals surface area contributed by atoms with Crippen LogP contribution in [0.15, 0.2) is 48.5 Å². The first-order valence-corrected chi connectivity index (χ1v) is 8.43. The lowest BCUT2D eigenvalue weighted by Gasteiger charge is -2.10. The summed E-state index contributed by atoms with van der Waals surface area (Å²) in [7, 11) is 1.57. The molecule has 6 heteroatoms. The van der Waals surface area contributed by atoms with E-state index in [0.29, 0.717) is 24.0 Å². The molecule has 0 aliphatic rings. The summed E-state index contributed by atoms with van der Waals surface area (Å²) in [5, 5.41) is 5.14. The van der Waals surface area contributed by atoms with Crippen molar-refractivity contribution in [2.45, 2.75) is 20.4 Å². The fraction of sp³-hybridized carbons (Fsp3) is 0.300. The monoisotopic (exact) mass is 356 g/mol. The van der Waals surface area contributed by atoms with E-state index < -0.39 is 11.8 Å². The van der Waals surface area contributed by atoms with E-state index >= 15 is 0 Å². The number of hydrogen-bond donors (Lipinski definition) is 2. The maximum atomic E-state index is 12.0. The molecule has 0 radical (unpaired) electrons. The summed E-state index contributed by atoms with van der Waals surface area (Å²) in [6.07, 6.45) is 0. The topological polar surface area (TPSA) is 76.7 Å². The van der Waals surface area contributed by atoms with Gasteiger partial charge in [-0.3, -0.25) is 9.59 Å². The zero-order valence-electron chi connectivity index (χ0n) is 15.2. The van der Waals surface area contributed by atoms with Gasteiger partial charge in [-0.2, -0.15) is 0 Å². The van der Waals surface area contributed by atoms with Crippen molar-refractivity contribution >= 4 is 17.5 Å². The Kier molecular flexibility index (Phi) is 7.02. The van der Waals surface area contributed by atoms with Crippen molar-refractivity contribution in [3.05, 3.63) is 54.1 Å². The number of carbonyl (C=O) groups is 2. The molecule has 26 heavy (non-hydrogen) atoms.